The minimum Gasteiger partial charge on any atom is -0.497 e. The molecule has 4 nitrogen and oxygen atoms in total. The molecule has 0 aromatic heterocycles. The summed E-state index contributed by atoms with van der Waals surface area (Å²) < 4.78 is 16.5. The molecule has 0 atom stereocenters. The molecular weight excluding hydrogens is 290 g/mol. The molecule has 0 saturated carbocycles. The summed E-state index contributed by atoms with van der Waals surface area (Å²) in [5.41, 5.74) is 7.76. The van der Waals surface area contributed by atoms with E-state index in [2.05, 4.69) is 13.0 Å². The predicted octanol–water partition coefficient (Wildman–Crippen LogP) is 4.81. The zero-order valence-electron chi connectivity index (χ0n) is 14.1. The summed E-state index contributed by atoms with van der Waals surface area (Å²) in [5.74, 6) is 2.89. The molecule has 0 bridgehead atoms. The molecule has 4 heteroatoms. The maximum atomic E-state index is 6.05. The van der Waals surface area contributed by atoms with Gasteiger partial charge < -0.3 is 19.9 Å². The maximum absolute atomic E-state index is 6.05. The van der Waals surface area contributed by atoms with Gasteiger partial charge >= 0.3 is 0 Å². The van der Waals surface area contributed by atoms with Crippen molar-refractivity contribution in [1.29, 1.82) is 0 Å². The van der Waals surface area contributed by atoms with E-state index < -0.39 is 0 Å². The number of anilines is 1. The summed E-state index contributed by atoms with van der Waals surface area (Å²) in [5, 5.41) is 0. The third-order valence-electron chi connectivity index (χ3n) is 3.76. The van der Waals surface area contributed by atoms with Crippen LogP contribution in [-0.2, 0) is 6.42 Å². The Morgan fingerprint density at radius 2 is 1.57 bits per heavy atom. The molecule has 0 unspecified atom stereocenters. The molecule has 23 heavy (non-hydrogen) atoms. The van der Waals surface area contributed by atoms with Crippen LogP contribution in [0.15, 0.2) is 36.4 Å². The summed E-state index contributed by atoms with van der Waals surface area (Å²) in [7, 11) is 3.26. The highest BCUT2D eigenvalue weighted by molar-refractivity contribution is 5.58. The van der Waals surface area contributed by atoms with Crippen LogP contribution in [0.2, 0.25) is 0 Å². The second-order valence-corrected chi connectivity index (χ2v) is 5.44. The lowest BCUT2D eigenvalue weighted by Crippen LogP contribution is -1.97. The highest BCUT2D eigenvalue weighted by atomic mass is 16.5. The first-order chi connectivity index (χ1) is 11.2. The van der Waals surface area contributed by atoms with Crippen LogP contribution in [0.25, 0.3) is 0 Å². The van der Waals surface area contributed by atoms with Gasteiger partial charge in [0.15, 0.2) is 5.75 Å². The van der Waals surface area contributed by atoms with Crippen molar-refractivity contribution in [2.24, 2.45) is 0 Å². The first-order valence-corrected chi connectivity index (χ1v) is 7.96. The molecule has 0 heterocycles. The molecule has 2 N–H and O–H groups in total. The molecule has 0 saturated heterocycles. The Bertz CT molecular complexity index is 641. The van der Waals surface area contributed by atoms with Crippen molar-refractivity contribution in [2.45, 2.75) is 32.6 Å². The lowest BCUT2D eigenvalue weighted by Gasteiger charge is -2.14. The van der Waals surface area contributed by atoms with Gasteiger partial charge in [-0.05, 0) is 36.6 Å². The standard InChI is InChI=1S/C19H25NO3/c1-4-5-6-7-14-8-9-16(22-3)13-19(14)23-18-11-10-15(21-2)12-17(18)20/h8-13H,4-7,20H2,1-3H3. The third kappa shape index (κ3) is 4.55. The summed E-state index contributed by atoms with van der Waals surface area (Å²) in [6.07, 6.45) is 4.51. The van der Waals surface area contributed by atoms with E-state index in [0.717, 1.165) is 29.9 Å². The van der Waals surface area contributed by atoms with E-state index in [4.69, 9.17) is 19.9 Å². The first kappa shape index (κ1) is 17.0. The van der Waals surface area contributed by atoms with Crippen LogP contribution in [-0.4, -0.2) is 14.2 Å². The van der Waals surface area contributed by atoms with E-state index in [1.165, 1.54) is 12.8 Å². The van der Waals surface area contributed by atoms with Crippen molar-refractivity contribution in [3.63, 3.8) is 0 Å². The average Bonchev–Trinajstić information content (AvgIpc) is 2.58. The second kappa shape index (κ2) is 8.32. The molecule has 2 aromatic rings. The minimum absolute atomic E-state index is 0.548. The lowest BCUT2D eigenvalue weighted by molar-refractivity contribution is 0.406. The highest BCUT2D eigenvalue weighted by Gasteiger charge is 2.10. The number of nitrogens with two attached hydrogens (primary N) is 1. The molecule has 124 valence electrons. The maximum Gasteiger partial charge on any atom is 0.150 e. The van der Waals surface area contributed by atoms with Crippen LogP contribution in [0.3, 0.4) is 0 Å². The molecular formula is C19H25NO3. The molecule has 0 aliphatic carbocycles. The summed E-state index contributed by atoms with van der Waals surface area (Å²) in [6.45, 7) is 2.20. The van der Waals surface area contributed by atoms with Crippen molar-refractivity contribution >= 4 is 5.69 Å². The molecule has 2 rings (SSSR count). The number of rotatable bonds is 8. The fourth-order valence-electron chi connectivity index (χ4n) is 2.39. The Kier molecular flexibility index (Phi) is 6.15. The second-order valence-electron chi connectivity index (χ2n) is 5.44. The van der Waals surface area contributed by atoms with Gasteiger partial charge in [-0.2, -0.15) is 0 Å². The van der Waals surface area contributed by atoms with Gasteiger partial charge in [-0.3, -0.25) is 0 Å². The van der Waals surface area contributed by atoms with E-state index in [0.29, 0.717) is 17.2 Å². The Morgan fingerprint density at radius 3 is 2.22 bits per heavy atom. The average molecular weight is 315 g/mol. The van der Waals surface area contributed by atoms with E-state index >= 15 is 0 Å². The van der Waals surface area contributed by atoms with E-state index in [1.807, 2.05) is 24.3 Å². The Balaban J connectivity index is 2.25. The summed E-state index contributed by atoms with van der Waals surface area (Å²) in [4.78, 5) is 0. The number of benzene rings is 2. The molecule has 0 amide bonds. The topological polar surface area (TPSA) is 53.7 Å². The van der Waals surface area contributed by atoms with Gasteiger partial charge in [0, 0.05) is 12.1 Å². The Hall–Kier alpha value is -2.36. The number of hydrogen-bond acceptors (Lipinski definition) is 4. The van der Waals surface area contributed by atoms with Gasteiger partial charge in [0.05, 0.1) is 19.9 Å². The number of methoxy groups -OCH3 is 2. The smallest absolute Gasteiger partial charge is 0.150 e. The lowest BCUT2D eigenvalue weighted by atomic mass is 10.1. The van der Waals surface area contributed by atoms with Crippen molar-refractivity contribution in [3.8, 4) is 23.0 Å². The zero-order valence-corrected chi connectivity index (χ0v) is 14.1. The Labute approximate surface area is 138 Å². The molecule has 0 fully saturated rings. The minimum atomic E-state index is 0.548. The number of unbranched alkanes of at least 4 members (excludes halogenated alkanes) is 2. The van der Waals surface area contributed by atoms with E-state index in [1.54, 1.807) is 20.3 Å². The van der Waals surface area contributed by atoms with Crippen LogP contribution in [0.5, 0.6) is 23.0 Å². The molecule has 0 radical (unpaired) electrons. The fourth-order valence-corrected chi connectivity index (χ4v) is 2.39. The monoisotopic (exact) mass is 315 g/mol. The van der Waals surface area contributed by atoms with Gasteiger partial charge in [0.1, 0.15) is 17.2 Å². The first-order valence-electron chi connectivity index (χ1n) is 7.96. The van der Waals surface area contributed by atoms with Crippen LogP contribution >= 0.6 is 0 Å². The van der Waals surface area contributed by atoms with Crippen molar-refractivity contribution in [1.82, 2.24) is 0 Å². The van der Waals surface area contributed by atoms with Crippen LogP contribution in [0.1, 0.15) is 31.7 Å². The van der Waals surface area contributed by atoms with Crippen LogP contribution in [0.4, 0.5) is 5.69 Å². The van der Waals surface area contributed by atoms with Gasteiger partial charge in [0.2, 0.25) is 0 Å². The largest absolute Gasteiger partial charge is 0.497 e. The Morgan fingerprint density at radius 1 is 0.870 bits per heavy atom. The van der Waals surface area contributed by atoms with Crippen LogP contribution in [0, 0.1) is 0 Å². The van der Waals surface area contributed by atoms with E-state index in [-0.39, 0.29) is 0 Å². The van der Waals surface area contributed by atoms with Gasteiger partial charge in [0.25, 0.3) is 0 Å². The molecule has 0 aliphatic rings. The van der Waals surface area contributed by atoms with Crippen molar-refractivity contribution < 1.29 is 14.2 Å². The van der Waals surface area contributed by atoms with Crippen LogP contribution < -0.4 is 19.9 Å². The zero-order chi connectivity index (χ0) is 16.7. The SMILES string of the molecule is CCCCCc1ccc(OC)cc1Oc1ccc(OC)cc1N. The molecule has 0 spiro atoms. The van der Waals surface area contributed by atoms with Gasteiger partial charge in [-0.15, -0.1) is 0 Å². The summed E-state index contributed by atoms with van der Waals surface area (Å²) in [6, 6.07) is 11.3. The van der Waals surface area contributed by atoms with Gasteiger partial charge in [-0.25, -0.2) is 0 Å². The third-order valence-corrected chi connectivity index (χ3v) is 3.76. The predicted molar refractivity (Wildman–Crippen MR) is 93.7 cm³/mol. The van der Waals surface area contributed by atoms with Crippen molar-refractivity contribution in [3.05, 3.63) is 42.0 Å². The molecule has 2 aromatic carbocycles. The van der Waals surface area contributed by atoms with Gasteiger partial charge in [-0.1, -0.05) is 25.8 Å². The number of hydrogen-bond donors (Lipinski definition) is 1. The number of aryl methyl sites for hydroxylation is 1. The number of ether oxygens (including phenoxy) is 3. The quantitative estimate of drug-likeness (QED) is 0.561. The van der Waals surface area contributed by atoms with E-state index in [9.17, 15) is 0 Å². The molecule has 0 aliphatic heterocycles. The highest BCUT2D eigenvalue weighted by Crippen LogP contribution is 2.34. The fraction of sp³-hybridized carbons (Fsp3) is 0.368. The normalized spacial score (nSPS) is 10.4. The van der Waals surface area contributed by atoms with Crippen molar-refractivity contribution in [2.75, 3.05) is 20.0 Å². The number of nitrogen functional groups attached to an aromatic ring is 1. The summed E-state index contributed by atoms with van der Waals surface area (Å²) >= 11 is 0.